The van der Waals surface area contributed by atoms with Crippen LogP contribution in [0.4, 0.5) is 11.4 Å². The summed E-state index contributed by atoms with van der Waals surface area (Å²) in [7, 11) is 3.49. The summed E-state index contributed by atoms with van der Waals surface area (Å²) >= 11 is 0. The molecular formula is C32H40N6O8. The zero-order valence-electron chi connectivity index (χ0n) is 27.1. The summed E-state index contributed by atoms with van der Waals surface area (Å²) in [6.07, 6.45) is 0. The summed E-state index contributed by atoms with van der Waals surface area (Å²) in [5, 5.41) is 20.2. The smallest absolute Gasteiger partial charge is 0.338 e. The number of esters is 4. The van der Waals surface area contributed by atoms with Crippen molar-refractivity contribution < 1.29 is 38.1 Å². The molecule has 0 saturated carbocycles. The van der Waals surface area contributed by atoms with Crippen LogP contribution in [0.1, 0.15) is 45.7 Å². The van der Waals surface area contributed by atoms with Crippen LogP contribution in [0.2, 0.25) is 0 Å². The van der Waals surface area contributed by atoms with Crippen molar-refractivity contribution in [2.24, 2.45) is 20.7 Å². The van der Waals surface area contributed by atoms with Crippen molar-refractivity contribution in [3.05, 3.63) is 83.0 Å². The Morgan fingerprint density at radius 1 is 0.630 bits per heavy atom. The SMILES string of the molecule is C=C(C)C(=O)OCCOC(=O)c1ccc(C)c(/N=N/N(C)CCN(C)/N=N/c2cc(C(=O)OCCOC(=O)C(=C)C)ccc2C)c1. The zero-order valence-corrected chi connectivity index (χ0v) is 27.1. The molecule has 14 nitrogen and oxygen atoms in total. The van der Waals surface area contributed by atoms with Gasteiger partial charge in [-0.1, -0.05) is 35.7 Å². The quantitative estimate of drug-likeness (QED) is 0.0548. The summed E-state index contributed by atoms with van der Waals surface area (Å²) < 4.78 is 20.2. The average molecular weight is 637 g/mol. The van der Waals surface area contributed by atoms with E-state index in [1.807, 2.05) is 13.8 Å². The fourth-order valence-electron chi connectivity index (χ4n) is 3.27. The van der Waals surface area contributed by atoms with Gasteiger partial charge in [-0.3, -0.25) is 10.0 Å². The van der Waals surface area contributed by atoms with Crippen molar-refractivity contribution in [1.29, 1.82) is 0 Å². The van der Waals surface area contributed by atoms with Gasteiger partial charge in [0.25, 0.3) is 0 Å². The second-order valence-corrected chi connectivity index (χ2v) is 10.2. The third-order valence-electron chi connectivity index (χ3n) is 6.04. The molecule has 246 valence electrons. The molecule has 0 aliphatic heterocycles. The van der Waals surface area contributed by atoms with E-state index in [1.54, 1.807) is 60.5 Å². The fraction of sp³-hybridized carbons (Fsp3) is 0.375. The van der Waals surface area contributed by atoms with E-state index in [4.69, 9.17) is 18.9 Å². The van der Waals surface area contributed by atoms with Gasteiger partial charge in [-0.05, 0) is 63.1 Å². The van der Waals surface area contributed by atoms with E-state index in [0.717, 1.165) is 11.1 Å². The summed E-state index contributed by atoms with van der Waals surface area (Å²) in [5.41, 5.74) is 3.69. The lowest BCUT2D eigenvalue weighted by atomic mass is 10.1. The molecule has 0 N–H and O–H groups in total. The molecule has 0 amide bonds. The third-order valence-corrected chi connectivity index (χ3v) is 6.04. The second-order valence-electron chi connectivity index (χ2n) is 10.2. The standard InChI is InChI=1S/C32H40N6O8/c1-21(2)29(39)43-15-17-45-31(41)25-11-9-23(5)27(19-25)33-35-37(7)13-14-38(8)36-34-28-20-26(12-10-24(28)6)32(42)46-18-16-44-30(40)22(3)4/h9-12,19-20H,1,3,13-18H2,2,4-8H3/b35-33+,36-34+. The van der Waals surface area contributed by atoms with E-state index >= 15 is 0 Å². The number of carbonyl (C=O) groups is 4. The Balaban J connectivity index is 1.87. The Kier molecular flexibility index (Phi) is 14.7. The van der Waals surface area contributed by atoms with Crippen LogP contribution in [0.3, 0.4) is 0 Å². The fourth-order valence-corrected chi connectivity index (χ4v) is 3.27. The van der Waals surface area contributed by atoms with Gasteiger partial charge in [0, 0.05) is 25.2 Å². The summed E-state index contributed by atoms with van der Waals surface area (Å²) in [5.74, 6) is -2.26. The van der Waals surface area contributed by atoms with E-state index in [9.17, 15) is 19.2 Å². The Hall–Kier alpha value is -5.40. The topological polar surface area (TPSA) is 161 Å². The van der Waals surface area contributed by atoms with Gasteiger partial charge in [0.05, 0.1) is 35.6 Å². The van der Waals surface area contributed by atoms with Crippen molar-refractivity contribution in [1.82, 2.24) is 10.0 Å². The van der Waals surface area contributed by atoms with Crippen LogP contribution in [0.15, 0.2) is 81.4 Å². The van der Waals surface area contributed by atoms with Gasteiger partial charge in [0.1, 0.15) is 26.4 Å². The molecule has 0 saturated heterocycles. The van der Waals surface area contributed by atoms with Crippen LogP contribution in [0.25, 0.3) is 0 Å². The number of ether oxygens (including phenoxy) is 4. The summed E-state index contributed by atoms with van der Waals surface area (Å²) in [4.78, 5) is 47.6. The van der Waals surface area contributed by atoms with Crippen LogP contribution in [0, 0.1) is 13.8 Å². The first-order valence-corrected chi connectivity index (χ1v) is 14.2. The maximum absolute atomic E-state index is 12.4. The highest BCUT2D eigenvalue weighted by molar-refractivity contribution is 5.91. The van der Waals surface area contributed by atoms with E-state index in [-0.39, 0.29) is 48.7 Å². The van der Waals surface area contributed by atoms with Gasteiger partial charge in [0.2, 0.25) is 0 Å². The molecule has 0 bridgehead atoms. The highest BCUT2D eigenvalue weighted by Gasteiger charge is 2.12. The van der Waals surface area contributed by atoms with Gasteiger partial charge in [0.15, 0.2) is 0 Å². The van der Waals surface area contributed by atoms with Crippen molar-refractivity contribution in [3.63, 3.8) is 0 Å². The first kappa shape index (κ1) is 36.8. The molecule has 0 fully saturated rings. The average Bonchev–Trinajstić information content (AvgIpc) is 3.02. The number of hydrogen-bond acceptors (Lipinski definition) is 12. The number of likely N-dealkylation sites (N-methyl/N-ethyl adjacent to an activating group) is 2. The van der Waals surface area contributed by atoms with Crippen LogP contribution < -0.4 is 0 Å². The third kappa shape index (κ3) is 12.7. The number of carbonyl (C=O) groups excluding carboxylic acids is 4. The second kappa shape index (κ2) is 18.4. The molecule has 0 unspecified atom stereocenters. The van der Waals surface area contributed by atoms with Gasteiger partial charge >= 0.3 is 23.9 Å². The minimum absolute atomic E-state index is 0.0763. The molecule has 2 aromatic carbocycles. The van der Waals surface area contributed by atoms with Crippen molar-refractivity contribution >= 4 is 35.3 Å². The molecule has 2 rings (SSSR count). The van der Waals surface area contributed by atoms with Gasteiger partial charge in [-0.25, -0.2) is 19.2 Å². The number of rotatable bonds is 17. The monoisotopic (exact) mass is 636 g/mol. The lowest BCUT2D eigenvalue weighted by molar-refractivity contribution is -0.140. The molecular weight excluding hydrogens is 596 g/mol. The Bertz CT molecular complexity index is 1390. The van der Waals surface area contributed by atoms with Crippen LogP contribution in [0.5, 0.6) is 0 Å². The molecule has 0 aromatic heterocycles. The molecule has 0 spiro atoms. The summed E-state index contributed by atoms with van der Waals surface area (Å²) in [6, 6.07) is 9.84. The van der Waals surface area contributed by atoms with Crippen LogP contribution in [-0.4, -0.2) is 87.5 Å². The van der Waals surface area contributed by atoms with Crippen molar-refractivity contribution in [3.8, 4) is 0 Å². The lowest BCUT2D eigenvalue weighted by Gasteiger charge is -2.16. The molecule has 0 radical (unpaired) electrons. The molecule has 0 aliphatic rings. The predicted octanol–water partition coefficient (Wildman–Crippen LogP) is 5.42. The van der Waals surface area contributed by atoms with Gasteiger partial charge in [-0.2, -0.15) is 0 Å². The lowest BCUT2D eigenvalue weighted by Crippen LogP contribution is -2.24. The first-order valence-electron chi connectivity index (χ1n) is 14.2. The number of benzene rings is 2. The van der Waals surface area contributed by atoms with E-state index in [2.05, 4.69) is 33.8 Å². The molecule has 0 heterocycles. The maximum atomic E-state index is 12.4. The molecule has 0 aliphatic carbocycles. The first-order chi connectivity index (χ1) is 21.8. The van der Waals surface area contributed by atoms with Crippen LogP contribution in [-0.2, 0) is 28.5 Å². The minimum Gasteiger partial charge on any atom is -0.459 e. The number of nitrogens with zero attached hydrogens (tertiary/aromatic N) is 6. The van der Waals surface area contributed by atoms with Gasteiger partial charge < -0.3 is 18.9 Å². The largest absolute Gasteiger partial charge is 0.459 e. The maximum Gasteiger partial charge on any atom is 0.338 e. The van der Waals surface area contributed by atoms with Crippen molar-refractivity contribution in [2.75, 3.05) is 53.6 Å². The number of hydrogen-bond donors (Lipinski definition) is 0. The van der Waals surface area contributed by atoms with Crippen LogP contribution >= 0.6 is 0 Å². The van der Waals surface area contributed by atoms with E-state index in [0.29, 0.717) is 24.5 Å². The minimum atomic E-state index is -0.581. The summed E-state index contributed by atoms with van der Waals surface area (Å²) in [6.45, 7) is 14.3. The predicted molar refractivity (Wildman–Crippen MR) is 169 cm³/mol. The van der Waals surface area contributed by atoms with Gasteiger partial charge in [-0.15, -0.1) is 10.2 Å². The number of aryl methyl sites for hydroxylation is 2. The van der Waals surface area contributed by atoms with E-state index < -0.39 is 23.9 Å². The van der Waals surface area contributed by atoms with E-state index in [1.165, 1.54) is 13.8 Å². The molecule has 2 aromatic rings. The molecule has 0 atom stereocenters. The Morgan fingerprint density at radius 2 is 0.978 bits per heavy atom. The highest BCUT2D eigenvalue weighted by Crippen LogP contribution is 2.23. The molecule has 46 heavy (non-hydrogen) atoms. The van der Waals surface area contributed by atoms with Crippen molar-refractivity contribution in [2.45, 2.75) is 27.7 Å². The Morgan fingerprint density at radius 3 is 1.33 bits per heavy atom. The Labute approximate surface area is 268 Å². The highest BCUT2D eigenvalue weighted by atomic mass is 16.6. The zero-order chi connectivity index (χ0) is 34.2. The normalized spacial score (nSPS) is 10.8. The molecule has 14 heteroatoms.